The molecule has 1 aromatic rings. The van der Waals surface area contributed by atoms with E-state index < -0.39 is 5.78 Å². The molecule has 0 spiro atoms. The van der Waals surface area contributed by atoms with E-state index in [0.29, 0.717) is 5.56 Å². The molecule has 0 atom stereocenters. The minimum atomic E-state index is -0.395. The molecule has 1 rings (SSSR count). The Bertz CT molecular complexity index is 533. The molecule has 0 unspecified atom stereocenters. The molecule has 0 fully saturated rings. The zero-order valence-electron chi connectivity index (χ0n) is 8.65. The number of carbonyl (C=O) groups excluding carboxylic acids is 2. The summed E-state index contributed by atoms with van der Waals surface area (Å²) in [5.41, 5.74) is 0.637. The van der Waals surface area contributed by atoms with Gasteiger partial charge in [-0.1, -0.05) is 0 Å². The normalized spacial score (nSPS) is 8.94. The summed E-state index contributed by atoms with van der Waals surface area (Å²) in [7, 11) is 0. The summed E-state index contributed by atoms with van der Waals surface area (Å²) in [5.74, 6) is -0.646. The summed E-state index contributed by atoms with van der Waals surface area (Å²) in [5, 5.41) is 17.5. The number of benzene rings is 1. The van der Waals surface area contributed by atoms with Crippen molar-refractivity contribution in [1.82, 2.24) is 0 Å². The summed E-state index contributed by atoms with van der Waals surface area (Å²) in [6.45, 7) is 1.31. The molecule has 4 nitrogen and oxygen atoms in total. The van der Waals surface area contributed by atoms with Crippen LogP contribution < -0.4 is 0 Å². The molecule has 0 radical (unpaired) electrons. The van der Waals surface area contributed by atoms with Crippen LogP contribution >= 0.6 is 0 Å². The van der Waals surface area contributed by atoms with Crippen molar-refractivity contribution in [3.8, 4) is 12.1 Å². The second-order valence-electron chi connectivity index (χ2n) is 3.29. The summed E-state index contributed by atoms with van der Waals surface area (Å²) in [6, 6.07) is 7.92. The highest BCUT2D eigenvalue weighted by Crippen LogP contribution is 2.13. The van der Waals surface area contributed by atoms with Crippen LogP contribution in [0.2, 0.25) is 0 Å². The molecular formula is C12H8N2O2. The molecule has 0 amide bonds. The van der Waals surface area contributed by atoms with Crippen LogP contribution in [0.25, 0.3) is 0 Å². The SMILES string of the molecule is CC(=O)CC(=O)c1ccc(C#N)cc1C#N. The number of hydrogen-bond acceptors (Lipinski definition) is 4. The third-order valence-electron chi connectivity index (χ3n) is 1.98. The minimum Gasteiger partial charge on any atom is -0.300 e. The van der Waals surface area contributed by atoms with E-state index in [1.165, 1.54) is 25.1 Å². The fraction of sp³-hybridized carbons (Fsp3) is 0.167. The summed E-state index contributed by atoms with van der Waals surface area (Å²) < 4.78 is 0. The Balaban J connectivity index is 3.16. The van der Waals surface area contributed by atoms with Crippen LogP contribution in [0, 0.1) is 22.7 Å². The third kappa shape index (κ3) is 2.52. The van der Waals surface area contributed by atoms with Crippen LogP contribution in [-0.2, 0) is 4.79 Å². The van der Waals surface area contributed by atoms with Crippen molar-refractivity contribution in [3.05, 3.63) is 34.9 Å². The van der Waals surface area contributed by atoms with Crippen molar-refractivity contribution in [2.45, 2.75) is 13.3 Å². The molecule has 0 aliphatic rings. The van der Waals surface area contributed by atoms with Gasteiger partial charge in [0.05, 0.1) is 29.7 Å². The molecule has 78 valence electrons. The van der Waals surface area contributed by atoms with E-state index >= 15 is 0 Å². The quantitative estimate of drug-likeness (QED) is 0.562. The first-order chi connectivity index (χ1) is 7.58. The van der Waals surface area contributed by atoms with Crippen molar-refractivity contribution in [1.29, 1.82) is 10.5 Å². The molecule has 0 saturated carbocycles. The van der Waals surface area contributed by atoms with Crippen molar-refractivity contribution in [2.24, 2.45) is 0 Å². The van der Waals surface area contributed by atoms with Gasteiger partial charge in [-0.25, -0.2) is 0 Å². The van der Waals surface area contributed by atoms with E-state index in [-0.39, 0.29) is 23.3 Å². The summed E-state index contributed by atoms with van der Waals surface area (Å²) in [6.07, 6.45) is -0.222. The molecule has 0 aliphatic heterocycles. The first-order valence-corrected chi connectivity index (χ1v) is 4.55. The Kier molecular flexibility index (Phi) is 3.53. The van der Waals surface area contributed by atoms with Crippen LogP contribution in [0.4, 0.5) is 0 Å². The maximum absolute atomic E-state index is 11.6. The highest BCUT2D eigenvalue weighted by atomic mass is 16.1. The number of carbonyl (C=O) groups is 2. The second kappa shape index (κ2) is 4.86. The lowest BCUT2D eigenvalue weighted by Gasteiger charge is -2.01. The van der Waals surface area contributed by atoms with E-state index in [1.54, 1.807) is 0 Å². The van der Waals surface area contributed by atoms with Crippen molar-refractivity contribution < 1.29 is 9.59 Å². The minimum absolute atomic E-state index is 0.130. The van der Waals surface area contributed by atoms with Crippen molar-refractivity contribution in [2.75, 3.05) is 0 Å². The molecule has 0 bridgehead atoms. The molecule has 0 aliphatic carbocycles. The van der Waals surface area contributed by atoms with Crippen molar-refractivity contribution >= 4 is 11.6 Å². The van der Waals surface area contributed by atoms with Gasteiger partial charge in [0.2, 0.25) is 0 Å². The van der Waals surface area contributed by atoms with Crippen LogP contribution in [0.15, 0.2) is 18.2 Å². The number of hydrogen-bond donors (Lipinski definition) is 0. The van der Waals surface area contributed by atoms with Crippen LogP contribution in [0.5, 0.6) is 0 Å². The summed E-state index contributed by atoms with van der Waals surface area (Å²) >= 11 is 0. The molecule has 0 N–H and O–H groups in total. The van der Waals surface area contributed by atoms with Crippen LogP contribution in [-0.4, -0.2) is 11.6 Å². The lowest BCUT2D eigenvalue weighted by Crippen LogP contribution is -2.07. The van der Waals surface area contributed by atoms with Gasteiger partial charge in [-0.3, -0.25) is 9.59 Å². The van der Waals surface area contributed by atoms with E-state index in [0.717, 1.165) is 0 Å². The molecule has 0 aromatic heterocycles. The van der Waals surface area contributed by atoms with Gasteiger partial charge < -0.3 is 0 Å². The molecule has 0 heterocycles. The molecule has 4 heteroatoms. The highest BCUT2D eigenvalue weighted by Gasteiger charge is 2.13. The topological polar surface area (TPSA) is 81.7 Å². The fourth-order valence-corrected chi connectivity index (χ4v) is 1.27. The smallest absolute Gasteiger partial charge is 0.171 e. The maximum atomic E-state index is 11.6. The average Bonchev–Trinajstić information content (AvgIpc) is 2.27. The maximum Gasteiger partial charge on any atom is 0.171 e. The fourth-order valence-electron chi connectivity index (χ4n) is 1.27. The van der Waals surface area contributed by atoms with Gasteiger partial charge in [0, 0.05) is 5.56 Å². The molecule has 16 heavy (non-hydrogen) atoms. The Morgan fingerprint density at radius 3 is 2.44 bits per heavy atom. The van der Waals surface area contributed by atoms with E-state index in [2.05, 4.69) is 0 Å². The van der Waals surface area contributed by atoms with Crippen molar-refractivity contribution in [3.63, 3.8) is 0 Å². The van der Waals surface area contributed by atoms with Gasteiger partial charge in [0.25, 0.3) is 0 Å². The van der Waals surface area contributed by atoms with Gasteiger partial charge in [-0.15, -0.1) is 0 Å². The number of nitriles is 2. The average molecular weight is 212 g/mol. The van der Waals surface area contributed by atoms with E-state index in [9.17, 15) is 9.59 Å². The van der Waals surface area contributed by atoms with Gasteiger partial charge in [0.1, 0.15) is 5.78 Å². The Hall–Kier alpha value is -2.46. The first kappa shape index (κ1) is 11.6. The Morgan fingerprint density at radius 1 is 1.25 bits per heavy atom. The third-order valence-corrected chi connectivity index (χ3v) is 1.98. The monoisotopic (exact) mass is 212 g/mol. The van der Waals surface area contributed by atoms with Gasteiger partial charge in [0.15, 0.2) is 5.78 Å². The lowest BCUT2D eigenvalue weighted by atomic mass is 9.99. The molecule has 1 aromatic carbocycles. The second-order valence-corrected chi connectivity index (χ2v) is 3.29. The predicted molar refractivity (Wildman–Crippen MR) is 55.5 cm³/mol. The standard InChI is InChI=1S/C12H8N2O2/c1-8(15)4-12(16)11-3-2-9(6-13)5-10(11)7-14/h2-3,5H,4H2,1H3. The summed E-state index contributed by atoms with van der Waals surface area (Å²) in [4.78, 5) is 22.4. The van der Waals surface area contributed by atoms with Gasteiger partial charge in [-0.05, 0) is 25.1 Å². The predicted octanol–water partition coefficient (Wildman–Crippen LogP) is 1.59. The number of nitrogens with zero attached hydrogens (tertiary/aromatic N) is 2. The Morgan fingerprint density at radius 2 is 1.94 bits per heavy atom. The van der Waals surface area contributed by atoms with Crippen LogP contribution in [0.3, 0.4) is 0 Å². The lowest BCUT2D eigenvalue weighted by molar-refractivity contribution is -0.116. The number of Topliss-reactive ketones (excluding diaryl/α,β-unsaturated/α-hetero) is 2. The number of rotatable bonds is 3. The highest BCUT2D eigenvalue weighted by molar-refractivity contribution is 6.08. The molecular weight excluding hydrogens is 204 g/mol. The zero-order chi connectivity index (χ0) is 12.1. The molecule has 0 saturated heterocycles. The first-order valence-electron chi connectivity index (χ1n) is 4.55. The van der Waals surface area contributed by atoms with Gasteiger partial charge >= 0.3 is 0 Å². The van der Waals surface area contributed by atoms with Crippen LogP contribution in [0.1, 0.15) is 34.8 Å². The van der Waals surface area contributed by atoms with Gasteiger partial charge in [-0.2, -0.15) is 10.5 Å². The zero-order valence-corrected chi connectivity index (χ0v) is 8.65. The van der Waals surface area contributed by atoms with E-state index in [4.69, 9.17) is 10.5 Å². The number of ketones is 2. The van der Waals surface area contributed by atoms with E-state index in [1.807, 2.05) is 12.1 Å². The Labute approximate surface area is 92.7 Å². The largest absolute Gasteiger partial charge is 0.300 e.